The molecule has 2 atom stereocenters. The van der Waals surface area contributed by atoms with Gasteiger partial charge in [0.1, 0.15) is 0 Å². The predicted octanol–water partition coefficient (Wildman–Crippen LogP) is 3.34. The lowest BCUT2D eigenvalue weighted by atomic mass is 10.1. The Labute approximate surface area is 124 Å². The summed E-state index contributed by atoms with van der Waals surface area (Å²) in [5.74, 6) is 0. The summed E-state index contributed by atoms with van der Waals surface area (Å²) in [4.78, 5) is 0. The maximum absolute atomic E-state index is 9.53. The highest BCUT2D eigenvalue weighted by Gasteiger charge is 2.07. The van der Waals surface area contributed by atoms with Gasteiger partial charge in [0, 0.05) is 6.42 Å². The minimum absolute atomic E-state index is 0.206. The zero-order valence-corrected chi connectivity index (χ0v) is 12.7. The highest BCUT2D eigenvalue weighted by molar-refractivity contribution is 4.89. The van der Waals surface area contributed by atoms with E-state index < -0.39 is 12.2 Å². The van der Waals surface area contributed by atoms with Gasteiger partial charge < -0.3 is 15.3 Å². The third-order valence-corrected chi connectivity index (χ3v) is 3.36. The molecular weight excluding hydrogens is 252 g/mol. The van der Waals surface area contributed by atoms with E-state index in [-0.39, 0.29) is 13.0 Å². The fraction of sp³-hybridized carbons (Fsp3) is 0.765. The van der Waals surface area contributed by atoms with Gasteiger partial charge in [0.2, 0.25) is 0 Å². The molecule has 0 saturated heterocycles. The zero-order valence-electron chi connectivity index (χ0n) is 12.7. The molecule has 0 aliphatic heterocycles. The maximum Gasteiger partial charge on any atom is 0.0798 e. The first-order chi connectivity index (χ1) is 9.70. The van der Waals surface area contributed by atoms with Crippen LogP contribution in [0.1, 0.15) is 64.2 Å². The molecule has 0 aromatic carbocycles. The Kier molecular flexibility index (Phi) is 14.3. The van der Waals surface area contributed by atoms with Gasteiger partial charge in [-0.25, -0.2) is 0 Å². The van der Waals surface area contributed by atoms with E-state index in [0.717, 1.165) is 19.3 Å². The van der Waals surface area contributed by atoms with Crippen molar-refractivity contribution in [3.63, 3.8) is 0 Å². The highest BCUT2D eigenvalue weighted by atomic mass is 16.3. The van der Waals surface area contributed by atoms with Crippen LogP contribution in [0.5, 0.6) is 0 Å². The van der Waals surface area contributed by atoms with E-state index in [0.29, 0.717) is 0 Å². The molecule has 0 unspecified atom stereocenters. The lowest BCUT2D eigenvalue weighted by Gasteiger charge is -2.09. The van der Waals surface area contributed by atoms with Gasteiger partial charge in [-0.3, -0.25) is 0 Å². The molecule has 0 saturated carbocycles. The van der Waals surface area contributed by atoms with E-state index in [1.807, 2.05) is 12.2 Å². The van der Waals surface area contributed by atoms with E-state index in [4.69, 9.17) is 10.2 Å². The van der Waals surface area contributed by atoms with Crippen molar-refractivity contribution in [2.75, 3.05) is 6.61 Å². The second-order valence-corrected chi connectivity index (χ2v) is 5.41. The highest BCUT2D eigenvalue weighted by Crippen LogP contribution is 2.10. The Morgan fingerprint density at radius 1 is 0.850 bits per heavy atom. The molecule has 0 aromatic rings. The number of hydrogen-bond acceptors (Lipinski definition) is 3. The molecule has 0 radical (unpaired) electrons. The summed E-state index contributed by atoms with van der Waals surface area (Å²) in [6.45, 7) is 3.42. The van der Waals surface area contributed by atoms with Gasteiger partial charge in [0.15, 0.2) is 0 Å². The van der Waals surface area contributed by atoms with Crippen LogP contribution in [-0.2, 0) is 0 Å². The van der Waals surface area contributed by atoms with Crippen molar-refractivity contribution in [3.8, 4) is 0 Å². The molecule has 0 aromatic heterocycles. The Balaban J connectivity index is 3.28. The summed E-state index contributed by atoms with van der Waals surface area (Å²) in [5, 5.41) is 27.3. The molecule has 20 heavy (non-hydrogen) atoms. The van der Waals surface area contributed by atoms with E-state index in [1.165, 1.54) is 38.5 Å². The standard InChI is InChI=1S/C17H32O3/c1-2-3-4-5-6-7-8-9-10-11-12-13-16(19)14-17(20)15-18/h2,12-13,16-20H,1,3-11,14-15H2/b13-12+/t16-,17+/m0/s1. The van der Waals surface area contributed by atoms with Gasteiger partial charge in [0.05, 0.1) is 18.8 Å². The topological polar surface area (TPSA) is 60.7 Å². The molecule has 3 heteroatoms. The van der Waals surface area contributed by atoms with Crippen LogP contribution in [0.4, 0.5) is 0 Å². The number of unbranched alkanes of at least 4 members (excludes halogenated alkanes) is 8. The normalized spacial score (nSPS) is 14.6. The Morgan fingerprint density at radius 2 is 1.40 bits per heavy atom. The summed E-state index contributed by atoms with van der Waals surface area (Å²) in [5.41, 5.74) is 0. The smallest absolute Gasteiger partial charge is 0.0798 e. The molecule has 0 heterocycles. The third-order valence-electron chi connectivity index (χ3n) is 3.36. The monoisotopic (exact) mass is 284 g/mol. The van der Waals surface area contributed by atoms with Gasteiger partial charge in [-0.1, -0.05) is 50.3 Å². The third kappa shape index (κ3) is 13.8. The first-order valence-electron chi connectivity index (χ1n) is 7.95. The van der Waals surface area contributed by atoms with Gasteiger partial charge in [-0.15, -0.1) is 6.58 Å². The minimum Gasteiger partial charge on any atom is -0.394 e. The molecule has 3 N–H and O–H groups in total. The molecule has 0 fully saturated rings. The van der Waals surface area contributed by atoms with Crippen molar-refractivity contribution in [2.24, 2.45) is 0 Å². The van der Waals surface area contributed by atoms with Crippen molar-refractivity contribution in [1.29, 1.82) is 0 Å². The minimum atomic E-state index is -0.823. The summed E-state index contributed by atoms with van der Waals surface area (Å²) in [6.07, 6.45) is 15.4. The zero-order chi connectivity index (χ0) is 15.1. The summed E-state index contributed by atoms with van der Waals surface area (Å²) < 4.78 is 0. The van der Waals surface area contributed by atoms with Crippen LogP contribution in [0.15, 0.2) is 24.8 Å². The van der Waals surface area contributed by atoms with Crippen LogP contribution < -0.4 is 0 Å². The van der Waals surface area contributed by atoms with E-state index in [1.54, 1.807) is 6.08 Å². The first-order valence-corrected chi connectivity index (χ1v) is 7.95. The van der Waals surface area contributed by atoms with E-state index in [2.05, 4.69) is 6.58 Å². The average molecular weight is 284 g/mol. The molecule has 0 amide bonds. The van der Waals surface area contributed by atoms with Crippen molar-refractivity contribution >= 4 is 0 Å². The molecule has 0 bridgehead atoms. The van der Waals surface area contributed by atoms with Crippen LogP contribution >= 0.6 is 0 Å². The Morgan fingerprint density at radius 3 is 1.95 bits per heavy atom. The van der Waals surface area contributed by atoms with Gasteiger partial charge >= 0.3 is 0 Å². The van der Waals surface area contributed by atoms with E-state index in [9.17, 15) is 5.11 Å². The molecule has 0 aliphatic carbocycles. The molecule has 0 aliphatic rings. The van der Waals surface area contributed by atoms with Crippen molar-refractivity contribution < 1.29 is 15.3 Å². The second-order valence-electron chi connectivity index (χ2n) is 5.41. The molecular formula is C17H32O3. The van der Waals surface area contributed by atoms with Crippen LogP contribution in [0.2, 0.25) is 0 Å². The van der Waals surface area contributed by atoms with Gasteiger partial charge in [0.25, 0.3) is 0 Å². The summed E-state index contributed by atoms with van der Waals surface area (Å²) >= 11 is 0. The van der Waals surface area contributed by atoms with Gasteiger partial charge in [-0.05, 0) is 25.7 Å². The van der Waals surface area contributed by atoms with Crippen molar-refractivity contribution in [1.82, 2.24) is 0 Å². The Bertz CT molecular complexity index is 238. The number of aliphatic hydroxyl groups is 3. The number of hydrogen-bond donors (Lipinski definition) is 3. The maximum atomic E-state index is 9.53. The lowest BCUT2D eigenvalue weighted by Crippen LogP contribution is -2.19. The first kappa shape index (κ1) is 19.4. The molecule has 0 rings (SSSR count). The average Bonchev–Trinajstić information content (AvgIpc) is 2.44. The van der Waals surface area contributed by atoms with Crippen LogP contribution in [0.3, 0.4) is 0 Å². The molecule has 0 spiro atoms. The van der Waals surface area contributed by atoms with Crippen molar-refractivity contribution in [3.05, 3.63) is 24.8 Å². The van der Waals surface area contributed by atoms with Gasteiger partial charge in [-0.2, -0.15) is 0 Å². The SMILES string of the molecule is C=CCCCCCCCCC/C=C/[C@H](O)C[C@@H](O)CO. The largest absolute Gasteiger partial charge is 0.394 e. The second kappa shape index (κ2) is 14.8. The van der Waals surface area contributed by atoms with Crippen LogP contribution in [0.25, 0.3) is 0 Å². The number of allylic oxidation sites excluding steroid dienone is 2. The lowest BCUT2D eigenvalue weighted by molar-refractivity contribution is 0.0556. The Hall–Kier alpha value is -0.640. The number of aliphatic hydroxyl groups excluding tert-OH is 3. The predicted molar refractivity (Wildman–Crippen MR) is 84.6 cm³/mol. The fourth-order valence-corrected chi connectivity index (χ4v) is 2.12. The fourth-order valence-electron chi connectivity index (χ4n) is 2.12. The summed E-state index contributed by atoms with van der Waals surface area (Å²) in [6, 6.07) is 0. The number of rotatable bonds is 14. The van der Waals surface area contributed by atoms with Crippen molar-refractivity contribution in [2.45, 2.75) is 76.4 Å². The van der Waals surface area contributed by atoms with Crippen LogP contribution in [-0.4, -0.2) is 34.1 Å². The summed E-state index contributed by atoms with van der Waals surface area (Å²) in [7, 11) is 0. The van der Waals surface area contributed by atoms with Crippen LogP contribution in [0, 0.1) is 0 Å². The molecule has 3 nitrogen and oxygen atoms in total. The van der Waals surface area contributed by atoms with E-state index >= 15 is 0 Å². The quantitative estimate of drug-likeness (QED) is 0.339. The molecule has 118 valence electrons.